The van der Waals surface area contributed by atoms with Gasteiger partial charge in [0, 0.05) is 12.0 Å². The van der Waals surface area contributed by atoms with Gasteiger partial charge in [0.2, 0.25) is 0 Å². The van der Waals surface area contributed by atoms with Crippen molar-refractivity contribution in [3.63, 3.8) is 0 Å². The molecule has 20 heavy (non-hydrogen) atoms. The van der Waals surface area contributed by atoms with Gasteiger partial charge in [0.05, 0.1) is 10.5 Å². The Kier molecular flexibility index (Phi) is 5.90. The number of hydrogen-bond donors (Lipinski definition) is 1. The highest BCUT2D eigenvalue weighted by Gasteiger charge is 2.13. The fraction of sp³-hybridized carbons (Fsp3) is 0.500. The second-order valence-corrected chi connectivity index (χ2v) is 7.34. The van der Waals surface area contributed by atoms with E-state index in [1.54, 1.807) is 6.20 Å². The molecule has 0 aliphatic heterocycles. The summed E-state index contributed by atoms with van der Waals surface area (Å²) in [6, 6.07) is 1.81. The summed E-state index contributed by atoms with van der Waals surface area (Å²) in [5.41, 5.74) is 0.818. The van der Waals surface area contributed by atoms with Crippen molar-refractivity contribution >= 4 is 34.5 Å². The SMILES string of the molecule is CC(C)CNCCCc1ncc(-c2cc(Cl)sc2Cl)o1. The van der Waals surface area contributed by atoms with Crippen molar-refractivity contribution in [3.05, 3.63) is 26.8 Å². The first kappa shape index (κ1) is 15.8. The summed E-state index contributed by atoms with van der Waals surface area (Å²) < 4.78 is 7.01. The van der Waals surface area contributed by atoms with E-state index in [1.165, 1.54) is 11.3 Å². The van der Waals surface area contributed by atoms with Crippen LogP contribution >= 0.6 is 34.5 Å². The largest absolute Gasteiger partial charge is 0.441 e. The first-order chi connectivity index (χ1) is 9.56. The maximum absolute atomic E-state index is 6.10. The van der Waals surface area contributed by atoms with Crippen LogP contribution in [0.4, 0.5) is 0 Å². The topological polar surface area (TPSA) is 38.1 Å². The van der Waals surface area contributed by atoms with E-state index in [4.69, 9.17) is 27.6 Å². The van der Waals surface area contributed by atoms with E-state index >= 15 is 0 Å². The van der Waals surface area contributed by atoms with Crippen LogP contribution < -0.4 is 5.32 Å². The zero-order valence-corrected chi connectivity index (χ0v) is 13.9. The van der Waals surface area contributed by atoms with Crippen LogP contribution in [0.15, 0.2) is 16.7 Å². The minimum atomic E-state index is 0.635. The van der Waals surface area contributed by atoms with Gasteiger partial charge in [-0.05, 0) is 31.5 Å². The Morgan fingerprint density at radius 1 is 1.40 bits per heavy atom. The zero-order valence-electron chi connectivity index (χ0n) is 11.6. The third-order valence-electron chi connectivity index (χ3n) is 2.77. The van der Waals surface area contributed by atoms with Gasteiger partial charge in [-0.1, -0.05) is 37.0 Å². The highest BCUT2D eigenvalue weighted by Crippen LogP contribution is 2.38. The second-order valence-electron chi connectivity index (χ2n) is 5.06. The van der Waals surface area contributed by atoms with Crippen LogP contribution in [0.3, 0.4) is 0 Å². The molecule has 0 spiro atoms. The minimum Gasteiger partial charge on any atom is -0.441 e. The van der Waals surface area contributed by atoms with Crippen molar-refractivity contribution in [1.82, 2.24) is 10.3 Å². The fourth-order valence-corrected chi connectivity index (χ4v) is 3.29. The van der Waals surface area contributed by atoms with Gasteiger partial charge in [0.15, 0.2) is 11.7 Å². The second kappa shape index (κ2) is 7.46. The Hall–Kier alpha value is -0.550. The number of halogens is 2. The van der Waals surface area contributed by atoms with Gasteiger partial charge in [-0.15, -0.1) is 11.3 Å². The molecule has 3 nitrogen and oxygen atoms in total. The molecule has 2 heterocycles. The van der Waals surface area contributed by atoms with Crippen LogP contribution in [0, 0.1) is 5.92 Å². The first-order valence-corrected chi connectivity index (χ1v) is 8.24. The van der Waals surface area contributed by atoms with Crippen LogP contribution in [-0.2, 0) is 6.42 Å². The normalized spacial score (nSPS) is 11.4. The van der Waals surface area contributed by atoms with Gasteiger partial charge in [-0.2, -0.15) is 0 Å². The summed E-state index contributed by atoms with van der Waals surface area (Å²) in [6.07, 6.45) is 3.53. The van der Waals surface area contributed by atoms with Gasteiger partial charge >= 0.3 is 0 Å². The van der Waals surface area contributed by atoms with Crippen LogP contribution in [-0.4, -0.2) is 18.1 Å². The maximum Gasteiger partial charge on any atom is 0.194 e. The number of rotatable bonds is 7. The van der Waals surface area contributed by atoms with Gasteiger partial charge in [0.25, 0.3) is 0 Å². The quantitative estimate of drug-likeness (QED) is 0.733. The first-order valence-electron chi connectivity index (χ1n) is 6.67. The van der Waals surface area contributed by atoms with Crippen LogP contribution in [0.2, 0.25) is 8.67 Å². The van der Waals surface area contributed by atoms with E-state index in [0.29, 0.717) is 20.4 Å². The van der Waals surface area contributed by atoms with Crippen molar-refractivity contribution in [2.75, 3.05) is 13.1 Å². The lowest BCUT2D eigenvalue weighted by Crippen LogP contribution is -2.21. The molecule has 0 saturated heterocycles. The standard InChI is InChI=1S/C14H18Cl2N2OS/c1-9(2)7-17-5-3-4-13-18-8-11(19-13)10-6-12(15)20-14(10)16/h6,8-9,17H,3-5,7H2,1-2H3. The monoisotopic (exact) mass is 332 g/mol. The summed E-state index contributed by atoms with van der Waals surface area (Å²) in [5.74, 6) is 2.10. The number of thiophene rings is 1. The molecule has 6 heteroatoms. The summed E-state index contributed by atoms with van der Waals surface area (Å²) in [4.78, 5) is 4.28. The zero-order chi connectivity index (χ0) is 14.5. The molecule has 2 aromatic heterocycles. The number of aromatic nitrogens is 1. The summed E-state index contributed by atoms with van der Waals surface area (Å²) in [7, 11) is 0. The van der Waals surface area contributed by atoms with Crippen molar-refractivity contribution in [2.45, 2.75) is 26.7 Å². The molecular weight excluding hydrogens is 315 g/mol. The van der Waals surface area contributed by atoms with E-state index in [1.807, 2.05) is 6.07 Å². The lowest BCUT2D eigenvalue weighted by atomic mass is 10.2. The molecule has 0 aromatic carbocycles. The van der Waals surface area contributed by atoms with Crippen molar-refractivity contribution in [2.24, 2.45) is 5.92 Å². The Morgan fingerprint density at radius 2 is 2.20 bits per heavy atom. The number of hydrogen-bond acceptors (Lipinski definition) is 4. The molecule has 1 N–H and O–H groups in total. The summed E-state index contributed by atoms with van der Waals surface area (Å²) in [6.45, 7) is 6.41. The van der Waals surface area contributed by atoms with Gasteiger partial charge < -0.3 is 9.73 Å². The van der Waals surface area contributed by atoms with E-state index in [0.717, 1.165) is 37.4 Å². The highest BCUT2D eigenvalue weighted by atomic mass is 35.5. The van der Waals surface area contributed by atoms with Crippen LogP contribution in [0.25, 0.3) is 11.3 Å². The Labute approximate surface area is 133 Å². The molecule has 110 valence electrons. The third-order valence-corrected chi connectivity index (χ3v) is 4.26. The van der Waals surface area contributed by atoms with Crippen molar-refractivity contribution in [3.8, 4) is 11.3 Å². The molecule has 0 atom stereocenters. The van der Waals surface area contributed by atoms with Crippen LogP contribution in [0.5, 0.6) is 0 Å². The molecular formula is C14H18Cl2N2OS. The lowest BCUT2D eigenvalue weighted by molar-refractivity contribution is 0.483. The van der Waals surface area contributed by atoms with E-state index in [9.17, 15) is 0 Å². The van der Waals surface area contributed by atoms with Gasteiger partial charge in [-0.3, -0.25) is 0 Å². The molecule has 0 amide bonds. The van der Waals surface area contributed by atoms with Crippen molar-refractivity contribution in [1.29, 1.82) is 0 Å². The van der Waals surface area contributed by atoms with Crippen LogP contribution in [0.1, 0.15) is 26.2 Å². The number of aryl methyl sites for hydroxylation is 1. The van der Waals surface area contributed by atoms with E-state index < -0.39 is 0 Å². The predicted molar refractivity (Wildman–Crippen MR) is 85.9 cm³/mol. The molecule has 0 fully saturated rings. The molecule has 0 bridgehead atoms. The Balaban J connectivity index is 1.85. The molecule has 0 radical (unpaired) electrons. The van der Waals surface area contributed by atoms with E-state index in [-0.39, 0.29) is 0 Å². The molecule has 2 aromatic rings. The molecule has 0 aliphatic carbocycles. The summed E-state index contributed by atoms with van der Waals surface area (Å²) in [5, 5.41) is 3.40. The molecule has 0 aliphatic rings. The van der Waals surface area contributed by atoms with Gasteiger partial charge in [-0.25, -0.2) is 4.98 Å². The molecule has 0 unspecified atom stereocenters. The highest BCUT2D eigenvalue weighted by molar-refractivity contribution is 7.20. The third kappa shape index (κ3) is 4.48. The maximum atomic E-state index is 6.10. The van der Waals surface area contributed by atoms with Gasteiger partial charge in [0.1, 0.15) is 4.34 Å². The smallest absolute Gasteiger partial charge is 0.194 e. The lowest BCUT2D eigenvalue weighted by Gasteiger charge is -2.05. The summed E-state index contributed by atoms with van der Waals surface area (Å²) >= 11 is 13.4. The molecule has 0 saturated carbocycles. The number of oxazole rings is 1. The Bertz CT molecular complexity index is 551. The average molecular weight is 333 g/mol. The van der Waals surface area contributed by atoms with Crippen molar-refractivity contribution < 1.29 is 4.42 Å². The minimum absolute atomic E-state index is 0.635. The molecule has 2 rings (SSSR count). The number of nitrogens with zero attached hydrogens (tertiary/aromatic N) is 1. The number of nitrogens with one attached hydrogen (secondary N) is 1. The van der Waals surface area contributed by atoms with E-state index in [2.05, 4.69) is 24.1 Å². The fourth-order valence-electron chi connectivity index (χ4n) is 1.81. The predicted octanol–water partition coefficient (Wildman–Crippen LogP) is 4.89. The Morgan fingerprint density at radius 3 is 2.85 bits per heavy atom. The average Bonchev–Trinajstić information content (AvgIpc) is 2.95.